The van der Waals surface area contributed by atoms with Crippen LogP contribution in [0, 0.1) is 18.8 Å². The van der Waals surface area contributed by atoms with E-state index in [1.807, 2.05) is 6.92 Å². The monoisotopic (exact) mass is 543 g/mol. The van der Waals surface area contributed by atoms with Crippen LogP contribution in [0.3, 0.4) is 0 Å². The second kappa shape index (κ2) is 14.8. The molecule has 2 aromatic carbocycles. The van der Waals surface area contributed by atoms with Gasteiger partial charge in [-0.2, -0.15) is 4.31 Å². The van der Waals surface area contributed by atoms with Gasteiger partial charge in [-0.3, -0.25) is 4.79 Å². The van der Waals surface area contributed by atoms with Gasteiger partial charge in [-0.1, -0.05) is 48.0 Å². The zero-order chi connectivity index (χ0) is 27.5. The molecule has 0 heterocycles. The maximum absolute atomic E-state index is 12.6. The van der Waals surface area contributed by atoms with Crippen molar-refractivity contribution in [1.82, 2.24) is 14.5 Å². The SMILES string of the molecule is Cc1ccc(S(=O)(=O)N(C)CCOCC(=O)NCC2CCC(C(CCc3ccccc3)N(C)C)CC2)cc1. The van der Waals surface area contributed by atoms with Crippen LogP contribution in [0.2, 0.25) is 0 Å². The summed E-state index contributed by atoms with van der Waals surface area (Å²) in [6, 6.07) is 18.1. The molecular formula is C30H45N3O4S. The summed E-state index contributed by atoms with van der Waals surface area (Å²) < 4.78 is 32.0. The Hall–Kier alpha value is -2.26. The molecule has 0 bridgehead atoms. The van der Waals surface area contributed by atoms with E-state index in [0.717, 1.165) is 24.8 Å². The van der Waals surface area contributed by atoms with Gasteiger partial charge in [0.2, 0.25) is 15.9 Å². The predicted molar refractivity (Wildman–Crippen MR) is 153 cm³/mol. The third-order valence-corrected chi connectivity index (χ3v) is 9.64. The first kappa shape index (κ1) is 30.3. The number of rotatable bonds is 14. The molecule has 1 N–H and O–H groups in total. The number of aryl methyl sites for hydroxylation is 2. The lowest BCUT2D eigenvalue weighted by molar-refractivity contribution is -0.126. The maximum atomic E-state index is 12.6. The van der Waals surface area contributed by atoms with Gasteiger partial charge in [-0.25, -0.2) is 8.42 Å². The normalized spacial score (nSPS) is 19.0. The van der Waals surface area contributed by atoms with Crippen LogP contribution in [0.4, 0.5) is 0 Å². The van der Waals surface area contributed by atoms with E-state index in [4.69, 9.17) is 4.74 Å². The van der Waals surface area contributed by atoms with Gasteiger partial charge in [0.15, 0.2) is 0 Å². The number of benzene rings is 2. The number of hydrogen-bond donors (Lipinski definition) is 1. The van der Waals surface area contributed by atoms with Crippen LogP contribution in [-0.4, -0.2) is 77.0 Å². The van der Waals surface area contributed by atoms with Crippen molar-refractivity contribution >= 4 is 15.9 Å². The van der Waals surface area contributed by atoms with E-state index in [-0.39, 0.29) is 30.6 Å². The van der Waals surface area contributed by atoms with Crippen LogP contribution in [0.25, 0.3) is 0 Å². The van der Waals surface area contributed by atoms with Gasteiger partial charge in [0.1, 0.15) is 6.61 Å². The van der Waals surface area contributed by atoms with Gasteiger partial charge in [0.05, 0.1) is 11.5 Å². The Kier molecular flexibility index (Phi) is 11.8. The molecule has 1 fully saturated rings. The second-order valence-corrected chi connectivity index (χ2v) is 12.9. The fraction of sp³-hybridized carbons (Fsp3) is 0.567. The molecular weight excluding hydrogens is 498 g/mol. The quantitative estimate of drug-likeness (QED) is 0.363. The van der Waals surface area contributed by atoms with E-state index < -0.39 is 10.0 Å². The number of amides is 1. The van der Waals surface area contributed by atoms with Crippen molar-refractivity contribution in [1.29, 1.82) is 0 Å². The Balaban J connectivity index is 1.31. The fourth-order valence-electron chi connectivity index (χ4n) is 5.33. The molecule has 0 radical (unpaired) electrons. The molecule has 1 unspecified atom stereocenters. The van der Waals surface area contributed by atoms with Crippen molar-refractivity contribution in [2.75, 3.05) is 47.4 Å². The van der Waals surface area contributed by atoms with Gasteiger partial charge in [-0.15, -0.1) is 0 Å². The maximum Gasteiger partial charge on any atom is 0.246 e. The second-order valence-electron chi connectivity index (χ2n) is 10.8. The van der Waals surface area contributed by atoms with Crippen molar-refractivity contribution in [2.45, 2.75) is 56.4 Å². The molecule has 0 saturated heterocycles. The van der Waals surface area contributed by atoms with Crippen LogP contribution >= 0.6 is 0 Å². The fourth-order valence-corrected chi connectivity index (χ4v) is 6.48. The van der Waals surface area contributed by atoms with E-state index in [9.17, 15) is 13.2 Å². The summed E-state index contributed by atoms with van der Waals surface area (Å²) in [6.45, 7) is 2.88. The van der Waals surface area contributed by atoms with E-state index in [2.05, 4.69) is 54.6 Å². The standard InChI is InChI=1S/C30H45N3O4S/c1-24-10-17-28(18-11-24)38(35,36)33(4)20-21-37-23-30(34)31-22-26-12-15-27(16-13-26)29(32(2)3)19-14-25-8-6-5-7-9-25/h5-11,17-18,26-27,29H,12-16,19-23H2,1-4H3,(H,31,34). The molecule has 1 aliphatic carbocycles. The largest absolute Gasteiger partial charge is 0.370 e. The highest BCUT2D eigenvalue weighted by atomic mass is 32.2. The first-order valence-electron chi connectivity index (χ1n) is 13.7. The number of nitrogens with zero attached hydrogens (tertiary/aromatic N) is 2. The molecule has 1 saturated carbocycles. The summed E-state index contributed by atoms with van der Waals surface area (Å²) in [6.07, 6.45) is 6.91. The number of sulfonamides is 1. The Labute approximate surface area is 229 Å². The molecule has 3 rings (SSSR count). The zero-order valence-corrected chi connectivity index (χ0v) is 24.3. The lowest BCUT2D eigenvalue weighted by Crippen LogP contribution is -2.39. The molecule has 1 amide bonds. The summed E-state index contributed by atoms with van der Waals surface area (Å²) >= 11 is 0. The summed E-state index contributed by atoms with van der Waals surface area (Å²) in [5.74, 6) is 1.04. The van der Waals surface area contributed by atoms with E-state index in [1.54, 1.807) is 24.3 Å². The van der Waals surface area contributed by atoms with E-state index in [1.165, 1.54) is 36.2 Å². The molecule has 1 aliphatic rings. The zero-order valence-electron chi connectivity index (χ0n) is 23.4. The number of carbonyl (C=O) groups excluding carboxylic acids is 1. The van der Waals surface area contributed by atoms with Crippen LogP contribution in [0.5, 0.6) is 0 Å². The summed E-state index contributed by atoms with van der Waals surface area (Å²) in [5, 5.41) is 3.01. The third kappa shape index (κ3) is 9.19. The average Bonchev–Trinajstić information content (AvgIpc) is 2.91. The van der Waals surface area contributed by atoms with E-state index in [0.29, 0.717) is 24.4 Å². The topological polar surface area (TPSA) is 78.9 Å². The lowest BCUT2D eigenvalue weighted by atomic mass is 9.76. The third-order valence-electron chi connectivity index (χ3n) is 7.77. The Morgan fingerprint density at radius 3 is 2.29 bits per heavy atom. The molecule has 2 aromatic rings. The van der Waals surface area contributed by atoms with Crippen LogP contribution in [0.1, 0.15) is 43.2 Å². The highest BCUT2D eigenvalue weighted by molar-refractivity contribution is 7.89. The average molecular weight is 544 g/mol. The highest BCUT2D eigenvalue weighted by Gasteiger charge is 2.29. The highest BCUT2D eigenvalue weighted by Crippen LogP contribution is 2.33. The number of hydrogen-bond acceptors (Lipinski definition) is 5. The molecule has 210 valence electrons. The van der Waals surface area contributed by atoms with Gasteiger partial charge in [-0.05, 0) is 89.1 Å². The van der Waals surface area contributed by atoms with Gasteiger partial charge in [0, 0.05) is 26.2 Å². The Morgan fingerprint density at radius 2 is 1.66 bits per heavy atom. The van der Waals surface area contributed by atoms with Crippen molar-refractivity contribution in [2.24, 2.45) is 11.8 Å². The minimum absolute atomic E-state index is 0.0596. The molecule has 0 aromatic heterocycles. The number of likely N-dealkylation sites (N-methyl/N-ethyl adjacent to an activating group) is 1. The van der Waals surface area contributed by atoms with Crippen LogP contribution < -0.4 is 5.32 Å². The molecule has 8 heteroatoms. The van der Waals surface area contributed by atoms with Crippen LogP contribution in [-0.2, 0) is 26.0 Å². The van der Waals surface area contributed by atoms with Crippen LogP contribution in [0.15, 0.2) is 59.5 Å². The minimum atomic E-state index is -3.57. The Morgan fingerprint density at radius 1 is 1.00 bits per heavy atom. The molecule has 1 atom stereocenters. The molecule has 38 heavy (non-hydrogen) atoms. The number of nitrogens with one attached hydrogen (secondary N) is 1. The number of carbonyl (C=O) groups is 1. The van der Waals surface area contributed by atoms with Gasteiger partial charge < -0.3 is 15.0 Å². The predicted octanol–water partition coefficient (Wildman–Crippen LogP) is 4.12. The first-order chi connectivity index (χ1) is 18.2. The summed E-state index contributed by atoms with van der Waals surface area (Å²) in [5.41, 5.74) is 2.41. The molecule has 7 nitrogen and oxygen atoms in total. The minimum Gasteiger partial charge on any atom is -0.370 e. The van der Waals surface area contributed by atoms with Gasteiger partial charge in [0.25, 0.3) is 0 Å². The number of ether oxygens (including phenoxy) is 1. The smallest absolute Gasteiger partial charge is 0.246 e. The van der Waals surface area contributed by atoms with Crippen molar-refractivity contribution in [3.63, 3.8) is 0 Å². The van der Waals surface area contributed by atoms with Crippen molar-refractivity contribution in [3.8, 4) is 0 Å². The molecule has 0 spiro atoms. The molecule has 0 aliphatic heterocycles. The van der Waals surface area contributed by atoms with E-state index >= 15 is 0 Å². The Bertz CT molecular complexity index is 1080. The first-order valence-corrected chi connectivity index (χ1v) is 15.2. The summed E-state index contributed by atoms with van der Waals surface area (Å²) in [4.78, 5) is 14.9. The van der Waals surface area contributed by atoms with Crippen molar-refractivity contribution < 1.29 is 17.9 Å². The van der Waals surface area contributed by atoms with Gasteiger partial charge >= 0.3 is 0 Å². The summed E-state index contributed by atoms with van der Waals surface area (Å²) in [7, 11) is 2.34. The van der Waals surface area contributed by atoms with Crippen molar-refractivity contribution in [3.05, 3.63) is 65.7 Å². The lowest BCUT2D eigenvalue weighted by Gasteiger charge is -2.37.